The Hall–Kier alpha value is -1.92. The van der Waals surface area contributed by atoms with Gasteiger partial charge in [-0.3, -0.25) is 10.1 Å². The lowest BCUT2D eigenvalue weighted by Crippen LogP contribution is -2.20. The number of hydrogen-bond acceptors (Lipinski definition) is 5. The number of nitrogens with zero attached hydrogens (tertiary/aromatic N) is 1. The van der Waals surface area contributed by atoms with Gasteiger partial charge in [-0.25, -0.2) is 4.98 Å². The average molecular weight is 292 g/mol. The summed E-state index contributed by atoms with van der Waals surface area (Å²) in [7, 11) is 0. The molecule has 0 aliphatic heterocycles. The molecule has 5 nitrogen and oxygen atoms in total. The first-order valence-electron chi connectivity index (χ1n) is 6.22. The Morgan fingerprint density at radius 3 is 2.80 bits per heavy atom. The van der Waals surface area contributed by atoms with Crippen molar-refractivity contribution in [1.29, 1.82) is 0 Å². The van der Waals surface area contributed by atoms with E-state index in [1.54, 1.807) is 6.20 Å². The molecular formula is C14H16N2O3S. The van der Waals surface area contributed by atoms with Gasteiger partial charge in [0.25, 0.3) is 5.91 Å². The van der Waals surface area contributed by atoms with Gasteiger partial charge in [0.1, 0.15) is 19.0 Å². The molecule has 1 aromatic carbocycles. The summed E-state index contributed by atoms with van der Waals surface area (Å²) in [5.74, 6) is 0.581. The maximum atomic E-state index is 11.5. The number of ether oxygens (including phenoxy) is 2. The van der Waals surface area contributed by atoms with Gasteiger partial charge in [-0.15, -0.1) is 11.3 Å². The topological polar surface area (TPSA) is 60.5 Å². The number of rotatable bonds is 7. The number of aromatic nitrogens is 1. The van der Waals surface area contributed by atoms with Crippen molar-refractivity contribution in [3.05, 3.63) is 41.4 Å². The minimum Gasteiger partial charge on any atom is -0.491 e. The van der Waals surface area contributed by atoms with Gasteiger partial charge in [0, 0.05) is 11.1 Å². The van der Waals surface area contributed by atoms with Crippen LogP contribution < -0.4 is 10.1 Å². The Labute approximate surface area is 121 Å². The number of carbonyl (C=O) groups excluding carboxylic acids is 1. The minimum absolute atomic E-state index is 0.00320. The molecule has 1 aromatic heterocycles. The standard InChI is InChI=1S/C14H16N2O3S/c1-11-9-15-14(20-11)16-13(17)10-18-7-8-19-12-5-3-2-4-6-12/h2-6,9H,7-8,10H2,1H3,(H,15,16,17). The molecule has 0 bridgehead atoms. The molecule has 0 saturated heterocycles. The molecule has 6 heteroatoms. The number of anilines is 1. The summed E-state index contributed by atoms with van der Waals surface area (Å²) in [6, 6.07) is 9.47. The molecule has 0 saturated carbocycles. The Morgan fingerprint density at radius 1 is 1.30 bits per heavy atom. The van der Waals surface area contributed by atoms with Gasteiger partial charge >= 0.3 is 0 Å². The van der Waals surface area contributed by atoms with E-state index >= 15 is 0 Å². The Morgan fingerprint density at radius 2 is 2.10 bits per heavy atom. The second kappa shape index (κ2) is 7.62. The predicted molar refractivity (Wildman–Crippen MR) is 78.2 cm³/mol. The van der Waals surface area contributed by atoms with Crippen LogP contribution in [0, 0.1) is 6.92 Å². The van der Waals surface area contributed by atoms with Gasteiger partial charge in [0.15, 0.2) is 5.13 Å². The lowest BCUT2D eigenvalue weighted by atomic mass is 10.3. The van der Waals surface area contributed by atoms with Gasteiger partial charge in [0.05, 0.1) is 6.61 Å². The third kappa shape index (κ3) is 4.99. The van der Waals surface area contributed by atoms with Crippen LogP contribution in [0.5, 0.6) is 5.75 Å². The van der Waals surface area contributed by atoms with E-state index in [1.807, 2.05) is 37.3 Å². The highest BCUT2D eigenvalue weighted by atomic mass is 32.1. The number of thiazole rings is 1. The Balaban J connectivity index is 1.58. The lowest BCUT2D eigenvalue weighted by molar-refractivity contribution is -0.120. The van der Waals surface area contributed by atoms with Crippen LogP contribution in [-0.2, 0) is 9.53 Å². The SMILES string of the molecule is Cc1cnc(NC(=O)COCCOc2ccccc2)s1. The van der Waals surface area contributed by atoms with Crippen LogP contribution in [0.3, 0.4) is 0 Å². The van der Waals surface area contributed by atoms with Gasteiger partial charge in [-0.2, -0.15) is 0 Å². The van der Waals surface area contributed by atoms with Gasteiger partial charge in [-0.1, -0.05) is 18.2 Å². The molecule has 0 fully saturated rings. The van der Waals surface area contributed by atoms with Crippen molar-refractivity contribution in [3.8, 4) is 5.75 Å². The first-order chi connectivity index (χ1) is 9.74. The molecule has 0 spiro atoms. The Kier molecular flexibility index (Phi) is 5.52. The van der Waals surface area contributed by atoms with Crippen molar-refractivity contribution in [3.63, 3.8) is 0 Å². The molecule has 0 radical (unpaired) electrons. The van der Waals surface area contributed by atoms with Crippen LogP contribution >= 0.6 is 11.3 Å². The number of para-hydroxylation sites is 1. The highest BCUT2D eigenvalue weighted by molar-refractivity contribution is 7.15. The van der Waals surface area contributed by atoms with E-state index in [4.69, 9.17) is 9.47 Å². The third-order valence-corrected chi connectivity index (χ3v) is 3.17. The fourth-order valence-corrected chi connectivity index (χ4v) is 2.15. The zero-order valence-electron chi connectivity index (χ0n) is 11.2. The largest absolute Gasteiger partial charge is 0.491 e. The van der Waals surface area contributed by atoms with Crippen molar-refractivity contribution in [2.75, 3.05) is 25.1 Å². The summed E-state index contributed by atoms with van der Waals surface area (Å²) < 4.78 is 10.7. The van der Waals surface area contributed by atoms with Gasteiger partial charge in [-0.05, 0) is 19.1 Å². The second-order valence-corrected chi connectivity index (χ2v) is 5.27. The van der Waals surface area contributed by atoms with E-state index in [-0.39, 0.29) is 12.5 Å². The summed E-state index contributed by atoms with van der Waals surface area (Å²) in [4.78, 5) is 16.6. The van der Waals surface area contributed by atoms with Gasteiger partial charge in [0.2, 0.25) is 0 Å². The molecule has 0 aliphatic carbocycles. The highest BCUT2D eigenvalue weighted by Crippen LogP contribution is 2.16. The predicted octanol–water partition coefficient (Wildman–Crippen LogP) is 2.49. The molecule has 0 unspecified atom stereocenters. The van der Waals surface area contributed by atoms with Crippen LogP contribution in [0.1, 0.15) is 4.88 Å². The zero-order chi connectivity index (χ0) is 14.2. The highest BCUT2D eigenvalue weighted by Gasteiger charge is 2.05. The van der Waals surface area contributed by atoms with Crippen molar-refractivity contribution >= 4 is 22.4 Å². The molecule has 106 valence electrons. The van der Waals surface area contributed by atoms with Crippen molar-refractivity contribution in [1.82, 2.24) is 4.98 Å². The van der Waals surface area contributed by atoms with E-state index in [1.165, 1.54) is 11.3 Å². The molecule has 20 heavy (non-hydrogen) atoms. The first-order valence-corrected chi connectivity index (χ1v) is 7.03. The van der Waals surface area contributed by atoms with Crippen LogP contribution in [0.15, 0.2) is 36.5 Å². The number of amides is 1. The summed E-state index contributed by atoms with van der Waals surface area (Å²) in [5, 5.41) is 3.27. The molecule has 1 N–H and O–H groups in total. The number of carbonyl (C=O) groups is 1. The van der Waals surface area contributed by atoms with Crippen LogP contribution in [-0.4, -0.2) is 30.7 Å². The van der Waals surface area contributed by atoms with Crippen molar-refractivity contribution in [2.24, 2.45) is 0 Å². The zero-order valence-corrected chi connectivity index (χ0v) is 12.0. The third-order valence-electron chi connectivity index (χ3n) is 2.34. The molecule has 1 amide bonds. The first kappa shape index (κ1) is 14.5. The molecule has 2 rings (SSSR count). The monoisotopic (exact) mass is 292 g/mol. The normalized spacial score (nSPS) is 10.2. The van der Waals surface area contributed by atoms with E-state index < -0.39 is 0 Å². The molecular weight excluding hydrogens is 276 g/mol. The van der Waals surface area contributed by atoms with Crippen LogP contribution in [0.25, 0.3) is 0 Å². The molecule has 0 atom stereocenters. The minimum atomic E-state index is -0.209. The van der Waals surface area contributed by atoms with Crippen molar-refractivity contribution in [2.45, 2.75) is 6.92 Å². The summed E-state index contributed by atoms with van der Waals surface area (Å²) >= 11 is 1.43. The maximum Gasteiger partial charge on any atom is 0.252 e. The van der Waals surface area contributed by atoms with Crippen molar-refractivity contribution < 1.29 is 14.3 Å². The summed E-state index contributed by atoms with van der Waals surface area (Å²) in [6.07, 6.45) is 1.72. The molecule has 2 aromatic rings. The maximum absolute atomic E-state index is 11.5. The van der Waals surface area contributed by atoms with Crippen LogP contribution in [0.4, 0.5) is 5.13 Å². The number of hydrogen-bond donors (Lipinski definition) is 1. The number of nitrogens with one attached hydrogen (secondary N) is 1. The summed E-state index contributed by atoms with van der Waals surface area (Å²) in [6.45, 7) is 2.70. The molecule has 0 aliphatic rings. The smallest absolute Gasteiger partial charge is 0.252 e. The Bertz CT molecular complexity index is 542. The average Bonchev–Trinajstić information content (AvgIpc) is 2.85. The quantitative estimate of drug-likeness (QED) is 0.796. The fourth-order valence-electron chi connectivity index (χ4n) is 1.47. The van der Waals surface area contributed by atoms with E-state index in [2.05, 4.69) is 10.3 Å². The van der Waals surface area contributed by atoms with Crippen LogP contribution in [0.2, 0.25) is 0 Å². The lowest BCUT2D eigenvalue weighted by Gasteiger charge is -2.06. The number of aryl methyl sites for hydroxylation is 1. The second-order valence-electron chi connectivity index (χ2n) is 4.04. The molecule has 1 heterocycles. The van der Waals surface area contributed by atoms with E-state index in [0.717, 1.165) is 10.6 Å². The fraction of sp³-hybridized carbons (Fsp3) is 0.286. The van der Waals surface area contributed by atoms with E-state index in [0.29, 0.717) is 18.3 Å². The number of benzene rings is 1. The summed E-state index contributed by atoms with van der Waals surface area (Å²) in [5.41, 5.74) is 0. The van der Waals surface area contributed by atoms with Gasteiger partial charge < -0.3 is 9.47 Å². The van der Waals surface area contributed by atoms with E-state index in [9.17, 15) is 4.79 Å².